The van der Waals surface area contributed by atoms with Gasteiger partial charge in [-0.15, -0.1) is 0 Å². The molecule has 312 valence electrons. The van der Waals surface area contributed by atoms with Crippen LogP contribution in [-0.2, 0) is 25.4 Å². The average molecular weight is 843 g/mol. The summed E-state index contributed by atoms with van der Waals surface area (Å²) in [6.07, 6.45) is 1.49. The predicted molar refractivity (Wildman–Crippen MR) is 219 cm³/mol. The van der Waals surface area contributed by atoms with E-state index in [1.165, 1.54) is 11.0 Å². The van der Waals surface area contributed by atoms with Crippen LogP contribution in [0.5, 0.6) is 0 Å². The summed E-state index contributed by atoms with van der Waals surface area (Å²) in [6.45, 7) is 10.6. The van der Waals surface area contributed by atoms with Crippen LogP contribution < -0.4 is 20.9 Å². The molecule has 1 aliphatic carbocycles. The molecule has 4 fully saturated rings. The van der Waals surface area contributed by atoms with Gasteiger partial charge < -0.3 is 20.4 Å². The number of nitriles is 1. The van der Waals surface area contributed by atoms with Gasteiger partial charge in [-0.25, -0.2) is 0 Å². The Bertz CT molecular complexity index is 1970. The van der Waals surface area contributed by atoms with E-state index in [1.807, 2.05) is 4.90 Å². The summed E-state index contributed by atoms with van der Waals surface area (Å²) < 4.78 is 41.2. The van der Waals surface area contributed by atoms with E-state index in [-0.39, 0.29) is 53.7 Å². The second-order valence-corrected chi connectivity index (χ2v) is 17.4. The highest BCUT2D eigenvalue weighted by Gasteiger charge is 2.52. The van der Waals surface area contributed by atoms with Crippen LogP contribution in [-0.4, -0.2) is 99.3 Å². The first-order chi connectivity index (χ1) is 27.3. The highest BCUT2D eigenvalue weighted by molar-refractivity contribution is 7.80. The number of thiocarbonyl (C=S) groups is 1. The smallest absolute Gasteiger partial charge is 0.374 e. The zero-order chi connectivity index (χ0) is 42.1. The molecule has 4 amide bonds. The van der Waals surface area contributed by atoms with Crippen molar-refractivity contribution in [3.8, 4) is 6.07 Å². The Morgan fingerprint density at radius 2 is 1.69 bits per heavy atom. The maximum Gasteiger partial charge on any atom is 0.417 e. The number of carbonyl (C=O) groups excluding carboxylic acids is 4. The van der Waals surface area contributed by atoms with Gasteiger partial charge in [-0.2, -0.15) is 18.4 Å². The predicted octanol–water partition coefficient (Wildman–Crippen LogP) is 6.53. The molecule has 58 heavy (non-hydrogen) atoms. The van der Waals surface area contributed by atoms with Gasteiger partial charge in [-0.1, -0.05) is 11.6 Å². The number of piperazine rings is 1. The van der Waals surface area contributed by atoms with Crippen molar-refractivity contribution in [2.24, 2.45) is 5.92 Å². The minimum Gasteiger partial charge on any atom is -0.374 e. The molecule has 2 aromatic rings. The summed E-state index contributed by atoms with van der Waals surface area (Å²) >= 11 is 12.1. The number of hydrogen-bond donors (Lipinski definition) is 3. The summed E-state index contributed by atoms with van der Waals surface area (Å²) in [6, 6.07) is 9.59. The third-order valence-electron chi connectivity index (χ3n) is 11.9. The molecule has 4 aliphatic rings. The van der Waals surface area contributed by atoms with E-state index in [0.29, 0.717) is 28.7 Å². The van der Waals surface area contributed by atoms with Crippen LogP contribution in [0.25, 0.3) is 0 Å². The molecule has 0 radical (unpaired) electrons. The van der Waals surface area contributed by atoms with Crippen molar-refractivity contribution in [3.05, 3.63) is 52.5 Å². The fraction of sp³-hybridized carbons (Fsp3) is 0.561. The minimum atomic E-state index is -4.75. The number of carbonyl (C=O) groups is 4. The standard InChI is InChI=1S/C41H50ClF3N8O4S/c1-24-21-50(22-25(2)51(24)23-36(55)48-30-17-28(42)16-29(18-30)47-34-13-14-35(54)49-37(34)56)15-5-6-26-7-10-31(11-8-26)53-39(58)52(38(57)40(53,3)4)32-12-9-27(20-46)33(19-32)41(43,44)45/h9,12,16-19,24-26,31,34,47H,5-8,10-11,13-15,21-23H2,1-4H3,(H,48,55)(H,49,54,56)/t24-,25+,26?,31?,34?. The van der Waals surface area contributed by atoms with Crippen LogP contribution in [0.3, 0.4) is 0 Å². The number of piperidine rings is 1. The Labute approximate surface area is 347 Å². The Hall–Kier alpha value is -4.30. The van der Waals surface area contributed by atoms with Gasteiger partial charge in [-0.05, 0) is 134 Å². The molecule has 2 aromatic carbocycles. The maximum atomic E-state index is 13.7. The molecular formula is C41H50ClF3N8O4S. The van der Waals surface area contributed by atoms with Crippen LogP contribution in [0.4, 0.5) is 30.2 Å². The Morgan fingerprint density at radius 3 is 2.33 bits per heavy atom. The number of nitrogens with zero attached hydrogens (tertiary/aromatic N) is 5. The van der Waals surface area contributed by atoms with E-state index in [4.69, 9.17) is 23.8 Å². The fourth-order valence-corrected chi connectivity index (χ4v) is 9.85. The summed E-state index contributed by atoms with van der Waals surface area (Å²) in [7, 11) is 0. The van der Waals surface area contributed by atoms with Gasteiger partial charge in [0, 0.05) is 54.0 Å². The lowest BCUT2D eigenvalue weighted by Gasteiger charge is -2.44. The maximum absolute atomic E-state index is 13.7. The van der Waals surface area contributed by atoms with Crippen molar-refractivity contribution in [1.29, 1.82) is 5.26 Å². The topological polar surface area (TPSA) is 141 Å². The van der Waals surface area contributed by atoms with E-state index >= 15 is 0 Å². The van der Waals surface area contributed by atoms with Crippen molar-refractivity contribution in [2.75, 3.05) is 41.7 Å². The Kier molecular flexibility index (Phi) is 13.1. The monoisotopic (exact) mass is 842 g/mol. The molecule has 17 heteroatoms. The van der Waals surface area contributed by atoms with Crippen molar-refractivity contribution >= 4 is 69.6 Å². The van der Waals surface area contributed by atoms with Gasteiger partial charge in [0.25, 0.3) is 5.91 Å². The second-order valence-electron chi connectivity index (χ2n) is 16.6. The molecule has 1 unspecified atom stereocenters. The fourth-order valence-electron chi connectivity index (χ4n) is 9.05. The molecule has 0 bridgehead atoms. The van der Waals surface area contributed by atoms with Crippen LogP contribution in [0.2, 0.25) is 5.02 Å². The number of rotatable bonds is 11. The lowest BCUT2D eigenvalue weighted by Crippen LogP contribution is -2.58. The first-order valence-corrected chi connectivity index (χ1v) is 20.6. The highest BCUT2D eigenvalue weighted by Crippen LogP contribution is 2.41. The Balaban J connectivity index is 0.951. The minimum absolute atomic E-state index is 0.00699. The summed E-state index contributed by atoms with van der Waals surface area (Å²) in [5, 5.41) is 18.2. The number of hydrogen-bond acceptors (Lipinski definition) is 9. The van der Waals surface area contributed by atoms with Crippen LogP contribution in [0, 0.1) is 17.2 Å². The quantitative estimate of drug-likeness (QED) is 0.169. The number of nitrogens with one attached hydrogen (secondary N) is 3. The number of benzene rings is 2. The van der Waals surface area contributed by atoms with Crippen LogP contribution in [0.15, 0.2) is 36.4 Å². The summed E-state index contributed by atoms with van der Waals surface area (Å²) in [5.74, 6) is -0.738. The lowest BCUT2D eigenvalue weighted by molar-refractivity contribution is -0.138. The molecule has 3 atom stereocenters. The van der Waals surface area contributed by atoms with Gasteiger partial charge in [-0.3, -0.25) is 34.3 Å². The molecule has 3 N–H and O–H groups in total. The zero-order valence-electron chi connectivity index (χ0n) is 33.1. The van der Waals surface area contributed by atoms with Crippen molar-refractivity contribution in [3.63, 3.8) is 0 Å². The first kappa shape index (κ1) is 43.3. The van der Waals surface area contributed by atoms with Gasteiger partial charge in [0.1, 0.15) is 11.6 Å². The molecule has 3 heterocycles. The summed E-state index contributed by atoms with van der Waals surface area (Å²) in [4.78, 5) is 58.3. The molecule has 0 aromatic heterocycles. The van der Waals surface area contributed by atoms with E-state index in [9.17, 15) is 37.6 Å². The van der Waals surface area contributed by atoms with E-state index < -0.39 is 40.7 Å². The summed E-state index contributed by atoms with van der Waals surface area (Å²) in [5.41, 5.74) is -1.56. The zero-order valence-corrected chi connectivity index (χ0v) is 34.7. The van der Waals surface area contributed by atoms with Gasteiger partial charge >= 0.3 is 6.18 Å². The third kappa shape index (κ3) is 9.59. The number of imide groups is 1. The molecule has 3 aliphatic heterocycles. The molecule has 1 saturated carbocycles. The van der Waals surface area contributed by atoms with Crippen LogP contribution >= 0.6 is 23.8 Å². The number of amides is 4. The first-order valence-electron chi connectivity index (χ1n) is 19.8. The molecular weight excluding hydrogens is 793 g/mol. The van der Waals surface area contributed by atoms with Gasteiger partial charge in [0.2, 0.25) is 17.7 Å². The third-order valence-corrected chi connectivity index (χ3v) is 12.5. The van der Waals surface area contributed by atoms with Crippen molar-refractivity contribution < 1.29 is 32.3 Å². The largest absolute Gasteiger partial charge is 0.417 e. The SMILES string of the molecule is C[C@@H]1CN(CCCC2CCC(N3C(=S)N(c4ccc(C#N)c(C(F)(F)F)c4)C(=O)C3(C)C)CC2)C[C@H](C)N1CC(=O)Nc1cc(Cl)cc(NC2CCC(=O)NC2=O)c1. The van der Waals surface area contributed by atoms with Crippen molar-refractivity contribution in [2.45, 2.75) is 115 Å². The van der Waals surface area contributed by atoms with Crippen LogP contribution in [0.1, 0.15) is 90.2 Å². The normalized spacial score (nSPS) is 25.7. The second kappa shape index (κ2) is 17.5. The Morgan fingerprint density at radius 1 is 1.02 bits per heavy atom. The van der Waals surface area contributed by atoms with Gasteiger partial charge in [0.15, 0.2) is 5.11 Å². The van der Waals surface area contributed by atoms with Crippen molar-refractivity contribution in [1.82, 2.24) is 20.0 Å². The molecule has 0 spiro atoms. The number of halogens is 4. The number of anilines is 3. The molecule has 3 saturated heterocycles. The number of alkyl halides is 3. The van der Waals surface area contributed by atoms with Gasteiger partial charge in [0.05, 0.1) is 29.4 Å². The van der Waals surface area contributed by atoms with E-state index in [2.05, 4.69) is 39.6 Å². The van der Waals surface area contributed by atoms with E-state index in [0.717, 1.165) is 70.3 Å². The van der Waals surface area contributed by atoms with E-state index in [1.54, 1.807) is 38.1 Å². The molecule has 6 rings (SSSR count). The average Bonchev–Trinajstić information content (AvgIpc) is 3.32. The molecule has 12 nitrogen and oxygen atoms in total. The highest BCUT2D eigenvalue weighted by atomic mass is 35.5. The lowest BCUT2D eigenvalue weighted by atomic mass is 9.82.